The number of hydrogen-bond acceptors (Lipinski definition) is 5. The highest BCUT2D eigenvalue weighted by Gasteiger charge is 2.17. The van der Waals surface area contributed by atoms with Gasteiger partial charge in [-0.2, -0.15) is 0 Å². The standard InChI is InChI=1S/C10H20N4OS/c1-8-12-13-9(14(8)3)16-6-4-5-10(2,15)7-11/h15H,4-7,11H2,1-3H3. The van der Waals surface area contributed by atoms with Crippen molar-refractivity contribution in [2.75, 3.05) is 12.3 Å². The van der Waals surface area contributed by atoms with E-state index in [2.05, 4.69) is 10.2 Å². The molecule has 0 amide bonds. The van der Waals surface area contributed by atoms with Crippen LogP contribution in [0.15, 0.2) is 5.16 Å². The number of thioether (sulfide) groups is 1. The van der Waals surface area contributed by atoms with Crippen molar-refractivity contribution >= 4 is 11.8 Å². The van der Waals surface area contributed by atoms with E-state index >= 15 is 0 Å². The molecule has 0 aliphatic carbocycles. The molecule has 0 spiro atoms. The van der Waals surface area contributed by atoms with E-state index in [1.54, 1.807) is 18.7 Å². The fourth-order valence-electron chi connectivity index (χ4n) is 1.23. The van der Waals surface area contributed by atoms with Crippen LogP contribution in [0, 0.1) is 6.92 Å². The van der Waals surface area contributed by atoms with Gasteiger partial charge in [0, 0.05) is 19.3 Å². The van der Waals surface area contributed by atoms with Gasteiger partial charge >= 0.3 is 0 Å². The average molecular weight is 244 g/mol. The normalized spacial score (nSPS) is 15.1. The van der Waals surface area contributed by atoms with E-state index in [1.165, 1.54) is 0 Å². The molecule has 0 saturated carbocycles. The summed E-state index contributed by atoms with van der Waals surface area (Å²) in [5.74, 6) is 1.83. The summed E-state index contributed by atoms with van der Waals surface area (Å²) in [6.07, 6.45) is 1.63. The van der Waals surface area contributed by atoms with Crippen LogP contribution < -0.4 is 5.73 Å². The second kappa shape index (κ2) is 5.65. The molecular formula is C10H20N4OS. The van der Waals surface area contributed by atoms with Crippen LogP contribution in [0.5, 0.6) is 0 Å². The van der Waals surface area contributed by atoms with Gasteiger partial charge in [-0.15, -0.1) is 10.2 Å². The molecule has 0 fully saturated rings. The average Bonchev–Trinajstić information content (AvgIpc) is 2.56. The Hall–Kier alpha value is -0.590. The van der Waals surface area contributed by atoms with Gasteiger partial charge in [0.25, 0.3) is 0 Å². The van der Waals surface area contributed by atoms with E-state index in [9.17, 15) is 5.11 Å². The number of rotatable bonds is 6. The molecule has 16 heavy (non-hydrogen) atoms. The van der Waals surface area contributed by atoms with Gasteiger partial charge in [0.05, 0.1) is 5.60 Å². The van der Waals surface area contributed by atoms with Crippen molar-refractivity contribution in [3.8, 4) is 0 Å². The summed E-state index contributed by atoms with van der Waals surface area (Å²) in [6, 6.07) is 0. The number of nitrogens with zero attached hydrogens (tertiary/aromatic N) is 3. The minimum Gasteiger partial charge on any atom is -0.389 e. The molecule has 3 N–H and O–H groups in total. The Balaban J connectivity index is 2.29. The third-order valence-electron chi connectivity index (χ3n) is 2.58. The highest BCUT2D eigenvalue weighted by molar-refractivity contribution is 7.99. The monoisotopic (exact) mass is 244 g/mol. The zero-order valence-corrected chi connectivity index (χ0v) is 10.9. The maximum absolute atomic E-state index is 9.71. The summed E-state index contributed by atoms with van der Waals surface area (Å²) < 4.78 is 1.96. The molecule has 0 aliphatic rings. The molecule has 1 rings (SSSR count). The second-order valence-corrected chi connectivity index (χ2v) is 5.30. The Bertz CT molecular complexity index is 338. The van der Waals surface area contributed by atoms with Crippen molar-refractivity contribution < 1.29 is 5.11 Å². The van der Waals surface area contributed by atoms with Crippen LogP contribution in [-0.2, 0) is 7.05 Å². The Morgan fingerprint density at radius 2 is 2.19 bits per heavy atom. The lowest BCUT2D eigenvalue weighted by atomic mass is 10.0. The summed E-state index contributed by atoms with van der Waals surface area (Å²) in [5, 5.41) is 18.7. The van der Waals surface area contributed by atoms with Crippen molar-refractivity contribution in [2.45, 2.75) is 37.4 Å². The van der Waals surface area contributed by atoms with Gasteiger partial charge in [-0.1, -0.05) is 11.8 Å². The Labute approximate surface area is 100 Å². The summed E-state index contributed by atoms with van der Waals surface area (Å²) >= 11 is 1.66. The first-order chi connectivity index (χ1) is 7.46. The maximum atomic E-state index is 9.71. The van der Waals surface area contributed by atoms with Crippen molar-refractivity contribution in [3.05, 3.63) is 5.82 Å². The minimum atomic E-state index is -0.740. The molecule has 0 saturated heterocycles. The van der Waals surface area contributed by atoms with Crippen LogP contribution in [-0.4, -0.2) is 37.8 Å². The van der Waals surface area contributed by atoms with E-state index < -0.39 is 5.60 Å². The van der Waals surface area contributed by atoms with Gasteiger partial charge in [-0.05, 0) is 26.7 Å². The van der Waals surface area contributed by atoms with Crippen molar-refractivity contribution in [2.24, 2.45) is 12.8 Å². The summed E-state index contributed by atoms with van der Waals surface area (Å²) in [4.78, 5) is 0. The van der Waals surface area contributed by atoms with E-state index in [1.807, 2.05) is 18.5 Å². The summed E-state index contributed by atoms with van der Waals surface area (Å²) in [7, 11) is 1.95. The van der Waals surface area contributed by atoms with Crippen molar-refractivity contribution in [1.82, 2.24) is 14.8 Å². The van der Waals surface area contributed by atoms with E-state index in [0.29, 0.717) is 13.0 Å². The van der Waals surface area contributed by atoms with Crippen LogP contribution in [0.25, 0.3) is 0 Å². The molecule has 0 aliphatic heterocycles. The predicted octanol–water partition coefficient (Wildman–Crippen LogP) is 0.706. The molecule has 1 aromatic heterocycles. The molecule has 1 aromatic rings. The fraction of sp³-hybridized carbons (Fsp3) is 0.800. The number of aromatic nitrogens is 3. The third kappa shape index (κ3) is 3.77. The second-order valence-electron chi connectivity index (χ2n) is 4.24. The van der Waals surface area contributed by atoms with Gasteiger partial charge in [0.2, 0.25) is 0 Å². The van der Waals surface area contributed by atoms with Crippen LogP contribution in [0.3, 0.4) is 0 Å². The Kier molecular flexibility index (Phi) is 4.76. The van der Waals surface area contributed by atoms with Gasteiger partial charge in [0.15, 0.2) is 5.16 Å². The largest absolute Gasteiger partial charge is 0.389 e. The molecule has 0 radical (unpaired) electrons. The van der Waals surface area contributed by atoms with Crippen LogP contribution in [0.4, 0.5) is 0 Å². The SMILES string of the molecule is Cc1nnc(SCCCC(C)(O)CN)n1C. The minimum absolute atomic E-state index is 0.306. The lowest BCUT2D eigenvalue weighted by Gasteiger charge is -2.20. The number of aryl methyl sites for hydroxylation is 1. The topological polar surface area (TPSA) is 77.0 Å². The van der Waals surface area contributed by atoms with E-state index in [-0.39, 0.29) is 0 Å². The van der Waals surface area contributed by atoms with Gasteiger partial charge in [-0.3, -0.25) is 0 Å². The fourth-order valence-corrected chi connectivity index (χ4v) is 2.13. The molecule has 92 valence electrons. The number of aliphatic hydroxyl groups is 1. The van der Waals surface area contributed by atoms with Crippen LogP contribution in [0.1, 0.15) is 25.6 Å². The molecule has 1 heterocycles. The molecular weight excluding hydrogens is 224 g/mol. The molecule has 0 aromatic carbocycles. The first-order valence-corrected chi connectivity index (χ1v) is 6.36. The quantitative estimate of drug-likeness (QED) is 0.569. The highest BCUT2D eigenvalue weighted by Crippen LogP contribution is 2.19. The maximum Gasteiger partial charge on any atom is 0.190 e. The van der Waals surface area contributed by atoms with Crippen molar-refractivity contribution in [1.29, 1.82) is 0 Å². The third-order valence-corrected chi connectivity index (χ3v) is 3.69. The van der Waals surface area contributed by atoms with Crippen LogP contribution >= 0.6 is 11.8 Å². The number of nitrogens with two attached hydrogens (primary N) is 1. The summed E-state index contributed by atoms with van der Waals surface area (Å²) in [5.41, 5.74) is 4.70. The van der Waals surface area contributed by atoms with Gasteiger partial charge in [0.1, 0.15) is 5.82 Å². The zero-order chi connectivity index (χ0) is 12.2. The molecule has 1 unspecified atom stereocenters. The van der Waals surface area contributed by atoms with E-state index in [4.69, 9.17) is 5.73 Å². The van der Waals surface area contributed by atoms with Gasteiger partial charge < -0.3 is 15.4 Å². The van der Waals surface area contributed by atoms with Crippen molar-refractivity contribution in [3.63, 3.8) is 0 Å². The van der Waals surface area contributed by atoms with Gasteiger partial charge in [-0.25, -0.2) is 0 Å². The van der Waals surface area contributed by atoms with E-state index in [0.717, 1.165) is 23.2 Å². The molecule has 6 heteroatoms. The lowest BCUT2D eigenvalue weighted by Crippen LogP contribution is -2.34. The first-order valence-electron chi connectivity index (χ1n) is 5.37. The Morgan fingerprint density at radius 3 is 2.69 bits per heavy atom. The molecule has 5 nitrogen and oxygen atoms in total. The smallest absolute Gasteiger partial charge is 0.190 e. The number of hydrogen-bond donors (Lipinski definition) is 2. The molecule has 0 bridgehead atoms. The Morgan fingerprint density at radius 1 is 1.50 bits per heavy atom. The lowest BCUT2D eigenvalue weighted by molar-refractivity contribution is 0.0596. The summed E-state index contributed by atoms with van der Waals surface area (Å²) in [6.45, 7) is 4.00. The highest BCUT2D eigenvalue weighted by atomic mass is 32.2. The first kappa shape index (κ1) is 13.5. The zero-order valence-electron chi connectivity index (χ0n) is 10.1. The molecule has 1 atom stereocenters. The van der Waals surface area contributed by atoms with Crippen LogP contribution in [0.2, 0.25) is 0 Å². The predicted molar refractivity (Wildman–Crippen MR) is 65.4 cm³/mol.